The molecule has 1 unspecified atom stereocenters. The van der Waals surface area contributed by atoms with Crippen molar-refractivity contribution in [3.8, 4) is 11.3 Å². The summed E-state index contributed by atoms with van der Waals surface area (Å²) in [5.41, 5.74) is 1.25. The second-order valence-electron chi connectivity index (χ2n) is 4.50. The van der Waals surface area contributed by atoms with Crippen LogP contribution in [0.2, 0.25) is 0 Å². The summed E-state index contributed by atoms with van der Waals surface area (Å²) in [4.78, 5) is 1.87. The van der Waals surface area contributed by atoms with Gasteiger partial charge < -0.3 is 14.4 Å². The van der Waals surface area contributed by atoms with Crippen LogP contribution in [0.3, 0.4) is 0 Å². The van der Waals surface area contributed by atoms with Gasteiger partial charge in [0.1, 0.15) is 11.6 Å². The normalized spacial score (nSPS) is 19.4. The number of para-hydroxylation sites is 1. The maximum absolute atomic E-state index is 14.1. The predicted molar refractivity (Wildman–Crippen MR) is 66.9 cm³/mol. The Morgan fingerprint density at radius 2 is 2.17 bits per heavy atom. The van der Waals surface area contributed by atoms with Crippen LogP contribution in [0, 0.1) is 5.82 Å². The van der Waals surface area contributed by atoms with Crippen LogP contribution < -0.4 is 4.90 Å². The molecule has 1 saturated heterocycles. The van der Waals surface area contributed by atoms with Gasteiger partial charge in [-0.15, -0.1) is 0 Å². The van der Waals surface area contributed by atoms with Crippen LogP contribution in [0.1, 0.15) is 6.42 Å². The molecule has 1 N–H and O–H groups in total. The molecule has 1 atom stereocenters. The maximum Gasteiger partial charge on any atom is 0.147 e. The van der Waals surface area contributed by atoms with Crippen LogP contribution in [-0.4, -0.2) is 24.3 Å². The number of furan rings is 1. The van der Waals surface area contributed by atoms with Gasteiger partial charge in [0, 0.05) is 18.7 Å². The first-order valence-corrected chi connectivity index (χ1v) is 6.01. The van der Waals surface area contributed by atoms with Gasteiger partial charge >= 0.3 is 0 Å². The fraction of sp³-hybridized carbons (Fsp3) is 0.286. The van der Waals surface area contributed by atoms with Crippen molar-refractivity contribution in [2.24, 2.45) is 0 Å². The van der Waals surface area contributed by atoms with Crippen molar-refractivity contribution >= 4 is 5.69 Å². The van der Waals surface area contributed by atoms with Crippen molar-refractivity contribution in [2.45, 2.75) is 12.5 Å². The summed E-state index contributed by atoms with van der Waals surface area (Å²) >= 11 is 0. The average Bonchev–Trinajstić information content (AvgIpc) is 2.99. The lowest BCUT2D eigenvalue weighted by atomic mass is 10.1. The number of nitrogens with zero attached hydrogens (tertiary/aromatic N) is 1. The molecular formula is C14H14FNO2. The highest BCUT2D eigenvalue weighted by Crippen LogP contribution is 2.35. The van der Waals surface area contributed by atoms with Crippen molar-refractivity contribution in [3.05, 3.63) is 42.4 Å². The summed E-state index contributed by atoms with van der Waals surface area (Å²) in [5, 5.41) is 9.59. The van der Waals surface area contributed by atoms with E-state index in [2.05, 4.69) is 0 Å². The summed E-state index contributed by atoms with van der Waals surface area (Å²) in [6.07, 6.45) is 1.86. The number of anilines is 1. The second kappa shape index (κ2) is 4.46. The number of β-amino-alcohol motifs (C(OH)–C–C–N with tert-alkyl or cyclic N) is 1. The minimum absolute atomic E-state index is 0.280. The van der Waals surface area contributed by atoms with Crippen molar-refractivity contribution in [1.29, 1.82) is 0 Å². The van der Waals surface area contributed by atoms with Gasteiger partial charge in [0.25, 0.3) is 0 Å². The monoisotopic (exact) mass is 247 g/mol. The topological polar surface area (TPSA) is 36.6 Å². The van der Waals surface area contributed by atoms with E-state index < -0.39 is 0 Å². The Bertz CT molecular complexity index is 539. The van der Waals surface area contributed by atoms with Gasteiger partial charge in [0.2, 0.25) is 0 Å². The van der Waals surface area contributed by atoms with Crippen LogP contribution in [-0.2, 0) is 0 Å². The molecule has 2 heterocycles. The lowest BCUT2D eigenvalue weighted by Crippen LogP contribution is -2.22. The zero-order valence-electron chi connectivity index (χ0n) is 9.84. The van der Waals surface area contributed by atoms with Crippen molar-refractivity contribution in [2.75, 3.05) is 18.0 Å². The van der Waals surface area contributed by atoms with Crippen LogP contribution >= 0.6 is 0 Å². The molecule has 1 aromatic heterocycles. The molecule has 0 spiro atoms. The first-order chi connectivity index (χ1) is 8.75. The summed E-state index contributed by atoms with van der Waals surface area (Å²) < 4.78 is 19.4. The molecule has 18 heavy (non-hydrogen) atoms. The third kappa shape index (κ3) is 1.88. The predicted octanol–water partition coefficient (Wildman–Crippen LogP) is 2.66. The lowest BCUT2D eigenvalue weighted by molar-refractivity contribution is 0.198. The number of aliphatic hydroxyl groups is 1. The molecule has 3 rings (SSSR count). The minimum Gasteiger partial charge on any atom is -0.464 e. The number of benzene rings is 1. The summed E-state index contributed by atoms with van der Waals surface area (Å²) in [6.45, 7) is 1.13. The summed E-state index contributed by atoms with van der Waals surface area (Å²) in [5.74, 6) is 0.365. The zero-order chi connectivity index (χ0) is 12.5. The Labute approximate surface area is 104 Å². The molecule has 1 fully saturated rings. The van der Waals surface area contributed by atoms with Crippen molar-refractivity contribution in [1.82, 2.24) is 0 Å². The van der Waals surface area contributed by atoms with Crippen LogP contribution in [0.4, 0.5) is 10.1 Å². The molecule has 3 nitrogen and oxygen atoms in total. The lowest BCUT2D eigenvalue weighted by Gasteiger charge is -2.21. The molecule has 2 aromatic rings. The molecule has 1 aliphatic rings. The molecular weight excluding hydrogens is 233 g/mol. The fourth-order valence-electron chi connectivity index (χ4n) is 2.41. The van der Waals surface area contributed by atoms with Crippen molar-refractivity contribution in [3.63, 3.8) is 0 Å². The quantitative estimate of drug-likeness (QED) is 0.886. The number of hydrogen-bond acceptors (Lipinski definition) is 3. The Balaban J connectivity index is 2.07. The summed E-state index contributed by atoms with van der Waals surface area (Å²) in [6, 6.07) is 8.53. The first kappa shape index (κ1) is 11.3. The molecule has 0 saturated carbocycles. The van der Waals surface area contributed by atoms with E-state index in [0.29, 0.717) is 31.0 Å². The van der Waals surface area contributed by atoms with Crippen LogP contribution in [0.15, 0.2) is 41.0 Å². The first-order valence-electron chi connectivity index (χ1n) is 6.01. The Kier molecular flexibility index (Phi) is 2.80. The molecule has 0 bridgehead atoms. The van der Waals surface area contributed by atoms with Crippen molar-refractivity contribution < 1.29 is 13.9 Å². The number of rotatable bonds is 2. The van der Waals surface area contributed by atoms with E-state index in [1.54, 1.807) is 18.4 Å². The van der Waals surface area contributed by atoms with Gasteiger partial charge in [-0.25, -0.2) is 4.39 Å². The van der Waals surface area contributed by atoms with E-state index in [0.717, 1.165) is 5.56 Å². The summed E-state index contributed by atoms with van der Waals surface area (Å²) in [7, 11) is 0. The average molecular weight is 247 g/mol. The Morgan fingerprint density at radius 3 is 2.83 bits per heavy atom. The van der Waals surface area contributed by atoms with E-state index in [4.69, 9.17) is 4.42 Å². The molecule has 1 aromatic carbocycles. The van der Waals surface area contributed by atoms with Gasteiger partial charge in [0.15, 0.2) is 0 Å². The fourth-order valence-corrected chi connectivity index (χ4v) is 2.41. The zero-order valence-corrected chi connectivity index (χ0v) is 9.84. The van der Waals surface area contributed by atoms with Gasteiger partial charge in [-0.2, -0.15) is 0 Å². The van der Waals surface area contributed by atoms with E-state index in [1.807, 2.05) is 17.0 Å². The molecule has 0 radical (unpaired) electrons. The van der Waals surface area contributed by atoms with Gasteiger partial charge in [-0.1, -0.05) is 6.07 Å². The third-order valence-electron chi connectivity index (χ3n) is 3.25. The van der Waals surface area contributed by atoms with Crippen LogP contribution in [0.25, 0.3) is 11.3 Å². The smallest absolute Gasteiger partial charge is 0.147 e. The van der Waals surface area contributed by atoms with Gasteiger partial charge in [-0.3, -0.25) is 0 Å². The van der Waals surface area contributed by atoms with E-state index in [-0.39, 0.29) is 11.9 Å². The van der Waals surface area contributed by atoms with Gasteiger partial charge in [0.05, 0.1) is 18.1 Å². The van der Waals surface area contributed by atoms with E-state index in [1.165, 1.54) is 6.07 Å². The Morgan fingerprint density at radius 1 is 1.28 bits per heavy atom. The number of aliphatic hydroxyl groups excluding tert-OH is 1. The molecule has 4 heteroatoms. The highest BCUT2D eigenvalue weighted by Gasteiger charge is 2.25. The number of hydrogen-bond donors (Lipinski definition) is 1. The minimum atomic E-state index is -0.381. The van der Waals surface area contributed by atoms with E-state index in [9.17, 15) is 9.50 Å². The van der Waals surface area contributed by atoms with Crippen LogP contribution in [0.5, 0.6) is 0 Å². The molecule has 94 valence electrons. The van der Waals surface area contributed by atoms with Gasteiger partial charge in [-0.05, 0) is 30.7 Å². The molecule has 0 amide bonds. The maximum atomic E-state index is 14.1. The highest BCUT2D eigenvalue weighted by molar-refractivity contribution is 5.76. The largest absolute Gasteiger partial charge is 0.464 e. The number of halogens is 1. The second-order valence-corrected chi connectivity index (χ2v) is 4.50. The SMILES string of the molecule is OC1CCN(c2c(F)cccc2-c2ccco2)C1. The third-order valence-corrected chi connectivity index (χ3v) is 3.25. The highest BCUT2D eigenvalue weighted by atomic mass is 19.1. The standard InChI is InChI=1S/C14H14FNO2/c15-12-4-1-3-11(13-5-2-8-18-13)14(12)16-7-6-10(17)9-16/h1-5,8,10,17H,6-7,9H2. The van der Waals surface area contributed by atoms with E-state index >= 15 is 0 Å². The Hall–Kier alpha value is -1.81. The molecule has 0 aliphatic carbocycles. The molecule has 1 aliphatic heterocycles.